The number of hydrogen-bond acceptors (Lipinski definition) is 2. The third kappa shape index (κ3) is 1.89. The first-order valence-corrected chi connectivity index (χ1v) is 4.71. The molecule has 2 nitrogen and oxygen atoms in total. The number of nitrogens with zero attached hydrogens (tertiary/aromatic N) is 1. The van der Waals surface area contributed by atoms with Crippen LogP contribution >= 0.6 is 22.6 Å². The van der Waals surface area contributed by atoms with E-state index in [0.29, 0.717) is 0 Å². The molecule has 0 atom stereocenters. The van der Waals surface area contributed by atoms with Crippen LogP contribution in [0.4, 0.5) is 19.0 Å². The van der Waals surface area contributed by atoms with Crippen LogP contribution in [-0.4, -0.2) is 7.11 Å². The Kier molecular flexibility index (Phi) is 3.46. The van der Waals surface area contributed by atoms with Crippen molar-refractivity contribution in [3.63, 3.8) is 0 Å². The van der Waals surface area contributed by atoms with Gasteiger partial charge in [-0.05, 0) is 34.9 Å². The number of ether oxygens (including phenoxy) is 1. The highest BCUT2D eigenvalue weighted by Crippen LogP contribution is 2.34. The Morgan fingerprint density at radius 1 is 1.43 bits per heavy atom. The van der Waals surface area contributed by atoms with Crippen LogP contribution in [0.3, 0.4) is 0 Å². The summed E-state index contributed by atoms with van der Waals surface area (Å²) < 4.78 is 42.5. The molecule has 0 fully saturated rings. The van der Waals surface area contributed by atoms with Crippen molar-refractivity contribution in [1.29, 1.82) is 0 Å². The Bertz CT molecular complexity index is 357. The summed E-state index contributed by atoms with van der Waals surface area (Å²) in [5.41, 5.74) is -0.270. The minimum absolute atomic E-state index is 0.109. The van der Waals surface area contributed by atoms with Crippen LogP contribution in [0.15, 0.2) is 6.07 Å². The fourth-order valence-corrected chi connectivity index (χ4v) is 1.76. The Labute approximate surface area is 92.7 Å². The van der Waals surface area contributed by atoms with Crippen molar-refractivity contribution >= 4 is 28.3 Å². The molecule has 1 rings (SSSR count). The van der Waals surface area contributed by atoms with Gasteiger partial charge in [-0.25, -0.2) is 4.39 Å². The van der Waals surface area contributed by atoms with Crippen LogP contribution in [0.2, 0.25) is 0 Å². The Balaban J connectivity index is 3.40. The van der Waals surface area contributed by atoms with Gasteiger partial charge in [0.25, 0.3) is 0 Å². The molecular weight excluding hydrogens is 310 g/mol. The molecule has 0 saturated heterocycles. The van der Waals surface area contributed by atoms with Gasteiger partial charge in [0.1, 0.15) is 17.3 Å². The smallest absolute Gasteiger partial charge is 0.145 e. The van der Waals surface area contributed by atoms with Gasteiger partial charge in [-0.15, -0.1) is 0 Å². The van der Waals surface area contributed by atoms with E-state index in [4.69, 9.17) is 4.74 Å². The van der Waals surface area contributed by atoms with Gasteiger partial charge in [0.05, 0.1) is 10.7 Å². The molecule has 0 aliphatic carbocycles. The van der Waals surface area contributed by atoms with Gasteiger partial charge < -0.3 is 4.74 Å². The van der Waals surface area contributed by atoms with Crippen LogP contribution < -0.4 is 10.1 Å². The lowest BCUT2D eigenvalue weighted by molar-refractivity contribution is 0.233. The summed E-state index contributed by atoms with van der Waals surface area (Å²) in [4.78, 5) is 0. The van der Waals surface area contributed by atoms with Gasteiger partial charge in [-0.2, -0.15) is 0 Å². The topological polar surface area (TPSA) is 12.5 Å². The Hall–Kier alpha value is -0.660. The van der Waals surface area contributed by atoms with Crippen molar-refractivity contribution in [2.24, 2.45) is 0 Å². The summed E-state index contributed by atoms with van der Waals surface area (Å²) in [7, 11) is 1.30. The number of anilines is 1. The van der Waals surface area contributed by atoms with Gasteiger partial charge in [0.15, 0.2) is 0 Å². The molecule has 0 saturated carbocycles. The van der Waals surface area contributed by atoms with Crippen molar-refractivity contribution < 1.29 is 18.1 Å². The largest absolute Gasteiger partial charge is 0.496 e. The van der Waals surface area contributed by atoms with Crippen molar-refractivity contribution in [2.75, 3.05) is 12.5 Å². The van der Waals surface area contributed by atoms with E-state index in [1.54, 1.807) is 0 Å². The van der Waals surface area contributed by atoms with E-state index in [2.05, 4.69) is 0 Å². The third-order valence-corrected chi connectivity index (χ3v) is 2.81. The maximum absolute atomic E-state index is 13.4. The highest BCUT2D eigenvalue weighted by molar-refractivity contribution is 14.1. The van der Waals surface area contributed by atoms with Gasteiger partial charge in [0, 0.05) is 11.6 Å². The van der Waals surface area contributed by atoms with E-state index < -0.39 is 16.8 Å². The zero-order valence-electron chi connectivity index (χ0n) is 7.44. The fourth-order valence-electron chi connectivity index (χ4n) is 1.02. The predicted molar refractivity (Wildman–Crippen MR) is 55.1 cm³/mol. The summed E-state index contributed by atoms with van der Waals surface area (Å²) >= 11 is 1.53. The summed E-state index contributed by atoms with van der Waals surface area (Å²) in [5.74, 6) is -0.571. The average molecular weight is 317 g/mol. The second-order valence-corrected chi connectivity index (χ2v) is 3.66. The molecule has 0 aliphatic heterocycles. The SMILES string of the molecule is COc1cc(N(F)F)c(I)c(F)c1C. The number of halogens is 4. The van der Waals surface area contributed by atoms with Crippen LogP contribution in [-0.2, 0) is 0 Å². The van der Waals surface area contributed by atoms with Crippen molar-refractivity contribution in [1.82, 2.24) is 0 Å². The molecular formula is C8H7F3INO. The molecule has 6 heteroatoms. The standard InChI is InChI=1S/C8H7F3INO/c1-4-6(14-2)3-5(13(10)11)8(12)7(4)9/h3H,1-2H3. The van der Waals surface area contributed by atoms with E-state index in [0.717, 1.165) is 6.07 Å². The first-order valence-electron chi connectivity index (χ1n) is 3.63. The molecule has 14 heavy (non-hydrogen) atoms. The van der Waals surface area contributed by atoms with Crippen molar-refractivity contribution in [3.8, 4) is 5.75 Å². The van der Waals surface area contributed by atoms with Crippen molar-refractivity contribution in [2.45, 2.75) is 6.92 Å². The van der Waals surface area contributed by atoms with E-state index in [1.807, 2.05) is 0 Å². The molecule has 78 valence electrons. The lowest BCUT2D eigenvalue weighted by Gasteiger charge is -2.11. The summed E-state index contributed by atoms with van der Waals surface area (Å²) in [6, 6.07) is 1.10. The maximum atomic E-state index is 13.4. The summed E-state index contributed by atoms with van der Waals surface area (Å²) in [6.07, 6.45) is 0. The molecule has 0 spiro atoms. The molecule has 0 aromatic heterocycles. The quantitative estimate of drug-likeness (QED) is 0.613. The lowest BCUT2D eigenvalue weighted by Crippen LogP contribution is -2.03. The molecule has 0 bridgehead atoms. The second kappa shape index (κ2) is 4.24. The van der Waals surface area contributed by atoms with Crippen LogP contribution in [0.1, 0.15) is 5.56 Å². The fraction of sp³-hybridized carbons (Fsp3) is 0.250. The van der Waals surface area contributed by atoms with E-state index in [1.165, 1.54) is 36.6 Å². The average Bonchev–Trinajstić information content (AvgIpc) is 2.14. The van der Waals surface area contributed by atoms with Gasteiger partial charge in [-0.3, -0.25) is 0 Å². The monoisotopic (exact) mass is 317 g/mol. The van der Waals surface area contributed by atoms with Crippen LogP contribution in [0, 0.1) is 16.3 Å². The molecule has 0 aliphatic rings. The molecule has 0 amide bonds. The third-order valence-electron chi connectivity index (χ3n) is 1.79. The number of methoxy groups -OCH3 is 1. The minimum Gasteiger partial charge on any atom is -0.496 e. The number of hydrogen-bond donors (Lipinski definition) is 0. The van der Waals surface area contributed by atoms with Crippen molar-refractivity contribution in [3.05, 3.63) is 21.0 Å². The normalized spacial score (nSPS) is 10.1. The maximum Gasteiger partial charge on any atom is 0.145 e. The zero-order chi connectivity index (χ0) is 10.9. The second-order valence-electron chi connectivity index (χ2n) is 2.58. The summed E-state index contributed by atoms with van der Waals surface area (Å²) in [6.45, 7) is 1.47. The van der Waals surface area contributed by atoms with Gasteiger partial charge >= 0.3 is 0 Å². The minimum atomic E-state index is -1.13. The van der Waals surface area contributed by atoms with Gasteiger partial charge in [0.2, 0.25) is 0 Å². The zero-order valence-corrected chi connectivity index (χ0v) is 9.60. The number of benzene rings is 1. The number of rotatable bonds is 2. The highest BCUT2D eigenvalue weighted by Gasteiger charge is 2.18. The van der Waals surface area contributed by atoms with Gasteiger partial charge in [-0.1, -0.05) is 8.96 Å². The summed E-state index contributed by atoms with van der Waals surface area (Å²) in [5, 5.41) is -1.13. The highest BCUT2D eigenvalue weighted by atomic mass is 127. The molecule has 0 radical (unpaired) electrons. The first-order chi connectivity index (χ1) is 6.49. The first kappa shape index (κ1) is 11.4. The molecule has 1 aromatic rings. The molecule has 1 aromatic carbocycles. The lowest BCUT2D eigenvalue weighted by atomic mass is 10.2. The van der Waals surface area contributed by atoms with E-state index >= 15 is 0 Å². The molecule has 0 N–H and O–H groups in total. The van der Waals surface area contributed by atoms with E-state index in [-0.39, 0.29) is 14.9 Å². The van der Waals surface area contributed by atoms with Crippen LogP contribution in [0.25, 0.3) is 0 Å². The molecule has 0 unspecified atom stereocenters. The van der Waals surface area contributed by atoms with Crippen LogP contribution in [0.5, 0.6) is 5.75 Å². The molecule has 0 heterocycles. The Morgan fingerprint density at radius 3 is 2.43 bits per heavy atom. The van der Waals surface area contributed by atoms with E-state index in [9.17, 15) is 13.4 Å². The predicted octanol–water partition coefficient (Wildman–Crippen LogP) is 3.32. The Morgan fingerprint density at radius 2 is 2.00 bits per heavy atom.